The maximum atomic E-state index is 8.95. The number of hydrogen-bond acceptors (Lipinski definition) is 3. The van der Waals surface area contributed by atoms with Gasteiger partial charge >= 0.3 is 0 Å². The molecular formula is C12H15N3. The maximum absolute atomic E-state index is 8.95. The second kappa shape index (κ2) is 3.82. The minimum absolute atomic E-state index is 0.547. The summed E-state index contributed by atoms with van der Waals surface area (Å²) in [5, 5.41) is 12.3. The van der Waals surface area contributed by atoms with E-state index < -0.39 is 0 Å². The van der Waals surface area contributed by atoms with Crippen molar-refractivity contribution < 1.29 is 0 Å². The molecule has 0 spiro atoms. The number of nitrogen functional groups attached to an aromatic ring is 1. The highest BCUT2D eigenvalue weighted by Crippen LogP contribution is 2.36. The number of rotatable bonds is 3. The van der Waals surface area contributed by atoms with E-state index in [1.807, 2.05) is 12.1 Å². The highest BCUT2D eigenvalue weighted by Gasteiger charge is 2.35. The van der Waals surface area contributed by atoms with E-state index in [9.17, 15) is 0 Å². The van der Waals surface area contributed by atoms with Crippen molar-refractivity contribution in [2.75, 3.05) is 11.1 Å². The van der Waals surface area contributed by atoms with Gasteiger partial charge in [-0.25, -0.2) is 0 Å². The van der Waals surface area contributed by atoms with Crippen molar-refractivity contribution in [1.82, 2.24) is 0 Å². The molecule has 15 heavy (non-hydrogen) atoms. The molecule has 1 aliphatic rings. The van der Waals surface area contributed by atoms with E-state index in [-0.39, 0.29) is 0 Å². The van der Waals surface area contributed by atoms with E-state index in [0.717, 1.165) is 11.6 Å². The summed E-state index contributed by atoms with van der Waals surface area (Å²) in [5.41, 5.74) is 7.81. The number of nitrogens with one attached hydrogen (secondary N) is 1. The second-order valence-electron chi connectivity index (χ2n) is 4.07. The normalized spacial score (nSPS) is 23.2. The standard InChI is InChI=1S/C12H15N3/c1-2-8-6-12(8)15-11-4-3-10(14)5-9(11)7-13/h3-5,8,12,15H,2,6,14H2,1H3. The fraction of sp³-hybridized carbons (Fsp3) is 0.417. The minimum Gasteiger partial charge on any atom is -0.399 e. The number of hydrogen-bond donors (Lipinski definition) is 2. The summed E-state index contributed by atoms with van der Waals surface area (Å²) in [6.45, 7) is 2.19. The van der Waals surface area contributed by atoms with E-state index in [0.29, 0.717) is 17.3 Å². The van der Waals surface area contributed by atoms with Gasteiger partial charge in [0.25, 0.3) is 0 Å². The third-order valence-electron chi connectivity index (χ3n) is 2.95. The molecule has 0 aliphatic heterocycles. The smallest absolute Gasteiger partial charge is 0.101 e. The average Bonchev–Trinajstić information content (AvgIpc) is 2.99. The molecule has 3 N–H and O–H groups in total. The molecule has 2 atom stereocenters. The fourth-order valence-electron chi connectivity index (χ4n) is 1.86. The van der Waals surface area contributed by atoms with E-state index in [1.54, 1.807) is 6.07 Å². The molecule has 0 saturated heterocycles. The molecule has 0 bridgehead atoms. The molecule has 0 heterocycles. The van der Waals surface area contributed by atoms with Crippen LogP contribution >= 0.6 is 0 Å². The first-order chi connectivity index (χ1) is 7.24. The molecule has 1 fully saturated rings. The van der Waals surface area contributed by atoms with Gasteiger partial charge in [-0.1, -0.05) is 13.3 Å². The Morgan fingerprint density at radius 2 is 2.40 bits per heavy atom. The summed E-state index contributed by atoms with van der Waals surface area (Å²) in [4.78, 5) is 0. The van der Waals surface area contributed by atoms with Gasteiger partial charge in [-0.2, -0.15) is 5.26 Å². The summed E-state index contributed by atoms with van der Waals surface area (Å²) < 4.78 is 0. The zero-order valence-corrected chi connectivity index (χ0v) is 8.83. The number of nitrogens with zero attached hydrogens (tertiary/aromatic N) is 1. The summed E-state index contributed by atoms with van der Waals surface area (Å²) >= 11 is 0. The molecule has 1 aromatic carbocycles. The van der Waals surface area contributed by atoms with Gasteiger partial charge in [-0.15, -0.1) is 0 Å². The van der Waals surface area contributed by atoms with Gasteiger partial charge in [-0.05, 0) is 30.5 Å². The first kappa shape index (κ1) is 9.85. The van der Waals surface area contributed by atoms with E-state index in [4.69, 9.17) is 11.0 Å². The maximum Gasteiger partial charge on any atom is 0.101 e. The molecule has 1 saturated carbocycles. The van der Waals surface area contributed by atoms with Gasteiger partial charge in [0, 0.05) is 11.7 Å². The van der Waals surface area contributed by atoms with Crippen molar-refractivity contribution in [3.05, 3.63) is 23.8 Å². The van der Waals surface area contributed by atoms with Crippen LogP contribution in [0.1, 0.15) is 25.3 Å². The zero-order valence-electron chi connectivity index (χ0n) is 8.83. The van der Waals surface area contributed by atoms with Crippen LogP contribution in [0.3, 0.4) is 0 Å². The predicted molar refractivity (Wildman–Crippen MR) is 61.4 cm³/mol. The molecule has 0 aromatic heterocycles. The summed E-state index contributed by atoms with van der Waals surface area (Å²) in [6, 6.07) is 8.13. The van der Waals surface area contributed by atoms with Gasteiger partial charge in [0.05, 0.1) is 11.3 Å². The molecule has 78 valence electrons. The Balaban J connectivity index is 2.12. The van der Waals surface area contributed by atoms with Crippen LogP contribution in [0.15, 0.2) is 18.2 Å². The van der Waals surface area contributed by atoms with Crippen molar-refractivity contribution in [3.8, 4) is 6.07 Å². The zero-order chi connectivity index (χ0) is 10.8. The fourth-order valence-corrected chi connectivity index (χ4v) is 1.86. The van der Waals surface area contributed by atoms with Crippen LogP contribution in [0.4, 0.5) is 11.4 Å². The first-order valence-corrected chi connectivity index (χ1v) is 5.30. The van der Waals surface area contributed by atoms with Gasteiger partial charge < -0.3 is 11.1 Å². The van der Waals surface area contributed by atoms with Gasteiger partial charge in [-0.3, -0.25) is 0 Å². The predicted octanol–water partition coefficient (Wildman–Crippen LogP) is 2.35. The topological polar surface area (TPSA) is 61.8 Å². The van der Waals surface area contributed by atoms with Crippen LogP contribution in [0.25, 0.3) is 0 Å². The molecule has 3 heteroatoms. The minimum atomic E-state index is 0.547. The van der Waals surface area contributed by atoms with Crippen molar-refractivity contribution in [2.45, 2.75) is 25.8 Å². The molecule has 1 aromatic rings. The molecule has 2 rings (SSSR count). The first-order valence-electron chi connectivity index (χ1n) is 5.30. The number of anilines is 2. The van der Waals surface area contributed by atoms with Gasteiger partial charge in [0.15, 0.2) is 0 Å². The second-order valence-corrected chi connectivity index (χ2v) is 4.07. The van der Waals surface area contributed by atoms with Crippen LogP contribution in [0, 0.1) is 17.2 Å². The number of nitriles is 1. The van der Waals surface area contributed by atoms with Crippen LogP contribution in [-0.2, 0) is 0 Å². The average molecular weight is 201 g/mol. The summed E-state index contributed by atoms with van der Waals surface area (Å²) in [6.07, 6.45) is 2.42. The lowest BCUT2D eigenvalue weighted by Gasteiger charge is -2.07. The Morgan fingerprint density at radius 3 is 3.00 bits per heavy atom. The number of benzene rings is 1. The van der Waals surface area contributed by atoms with Crippen molar-refractivity contribution in [2.24, 2.45) is 5.92 Å². The lowest BCUT2D eigenvalue weighted by molar-refractivity contribution is 0.775. The molecule has 3 nitrogen and oxygen atoms in total. The van der Waals surface area contributed by atoms with Crippen molar-refractivity contribution in [3.63, 3.8) is 0 Å². The Hall–Kier alpha value is -1.69. The third kappa shape index (κ3) is 2.04. The molecule has 0 radical (unpaired) electrons. The van der Waals surface area contributed by atoms with E-state index in [1.165, 1.54) is 12.8 Å². The highest BCUT2D eigenvalue weighted by molar-refractivity contribution is 5.63. The van der Waals surface area contributed by atoms with Gasteiger partial charge in [0.2, 0.25) is 0 Å². The molecule has 2 unspecified atom stereocenters. The molecular weight excluding hydrogens is 186 g/mol. The number of nitrogens with two attached hydrogens (primary N) is 1. The Morgan fingerprint density at radius 1 is 1.60 bits per heavy atom. The molecule has 0 amide bonds. The SMILES string of the molecule is CCC1CC1Nc1ccc(N)cc1C#N. The Kier molecular flexibility index (Phi) is 2.51. The van der Waals surface area contributed by atoms with Crippen LogP contribution in [-0.4, -0.2) is 6.04 Å². The Labute approximate surface area is 89.9 Å². The lowest BCUT2D eigenvalue weighted by atomic mass is 10.1. The summed E-state index contributed by atoms with van der Waals surface area (Å²) in [7, 11) is 0. The summed E-state index contributed by atoms with van der Waals surface area (Å²) in [5.74, 6) is 0.772. The van der Waals surface area contributed by atoms with E-state index in [2.05, 4.69) is 18.3 Å². The quantitative estimate of drug-likeness (QED) is 0.738. The van der Waals surface area contributed by atoms with Crippen molar-refractivity contribution in [1.29, 1.82) is 5.26 Å². The molecule has 1 aliphatic carbocycles. The highest BCUT2D eigenvalue weighted by atomic mass is 15.0. The van der Waals surface area contributed by atoms with Crippen LogP contribution in [0.2, 0.25) is 0 Å². The Bertz CT molecular complexity index is 406. The van der Waals surface area contributed by atoms with Crippen LogP contribution in [0.5, 0.6) is 0 Å². The lowest BCUT2D eigenvalue weighted by Crippen LogP contribution is -2.06. The van der Waals surface area contributed by atoms with Gasteiger partial charge in [0.1, 0.15) is 6.07 Å². The van der Waals surface area contributed by atoms with Crippen LogP contribution < -0.4 is 11.1 Å². The van der Waals surface area contributed by atoms with E-state index >= 15 is 0 Å². The largest absolute Gasteiger partial charge is 0.399 e. The monoisotopic (exact) mass is 201 g/mol. The third-order valence-corrected chi connectivity index (χ3v) is 2.95. The van der Waals surface area contributed by atoms with Crippen molar-refractivity contribution >= 4 is 11.4 Å².